The summed E-state index contributed by atoms with van der Waals surface area (Å²) in [5.41, 5.74) is 1.96. The monoisotopic (exact) mass is 224 g/mol. The highest BCUT2D eigenvalue weighted by molar-refractivity contribution is 5.98. The van der Waals surface area contributed by atoms with Crippen molar-refractivity contribution in [3.8, 4) is 0 Å². The molecule has 0 bridgehead atoms. The molecule has 0 N–H and O–H groups in total. The van der Waals surface area contributed by atoms with Gasteiger partial charge in [0.05, 0.1) is 0 Å². The Balaban J connectivity index is 2.53. The summed E-state index contributed by atoms with van der Waals surface area (Å²) in [4.78, 5) is 22.3. The van der Waals surface area contributed by atoms with Crippen LogP contribution in [0.15, 0.2) is 11.1 Å². The van der Waals surface area contributed by atoms with Crippen LogP contribution in [0.3, 0.4) is 0 Å². The zero-order valence-electron chi connectivity index (χ0n) is 10.2. The maximum Gasteiger partial charge on any atom is 0.302 e. The van der Waals surface area contributed by atoms with E-state index in [9.17, 15) is 9.59 Å². The van der Waals surface area contributed by atoms with Gasteiger partial charge in [0.2, 0.25) is 0 Å². The number of ketones is 1. The zero-order valence-corrected chi connectivity index (χ0v) is 10.2. The van der Waals surface area contributed by atoms with Crippen molar-refractivity contribution in [2.24, 2.45) is 0 Å². The summed E-state index contributed by atoms with van der Waals surface area (Å²) in [5.74, 6) is -0.0296. The van der Waals surface area contributed by atoms with Crippen molar-refractivity contribution >= 4 is 11.8 Å². The lowest BCUT2D eigenvalue weighted by atomic mass is 10.0. The molecule has 0 atom stereocenters. The van der Waals surface area contributed by atoms with Crippen LogP contribution in [0.4, 0.5) is 0 Å². The van der Waals surface area contributed by atoms with Crippen LogP contribution in [-0.2, 0) is 14.3 Å². The largest absolute Gasteiger partial charge is 0.461 e. The van der Waals surface area contributed by atoms with E-state index in [1.807, 2.05) is 0 Å². The van der Waals surface area contributed by atoms with Crippen molar-refractivity contribution < 1.29 is 14.3 Å². The van der Waals surface area contributed by atoms with Gasteiger partial charge in [0.15, 0.2) is 5.78 Å². The van der Waals surface area contributed by atoms with Gasteiger partial charge in [-0.2, -0.15) is 0 Å². The fourth-order valence-corrected chi connectivity index (χ4v) is 1.98. The molecule has 1 aliphatic carbocycles. The molecule has 0 saturated heterocycles. The molecule has 1 rings (SSSR count). The van der Waals surface area contributed by atoms with E-state index in [0.717, 1.165) is 43.3 Å². The average Bonchev–Trinajstić information content (AvgIpc) is 2.58. The third kappa shape index (κ3) is 3.80. The van der Waals surface area contributed by atoms with Crippen LogP contribution in [0.1, 0.15) is 52.4 Å². The van der Waals surface area contributed by atoms with E-state index >= 15 is 0 Å². The van der Waals surface area contributed by atoms with Gasteiger partial charge in [0.25, 0.3) is 0 Å². The van der Waals surface area contributed by atoms with Gasteiger partial charge in [-0.3, -0.25) is 9.59 Å². The van der Waals surface area contributed by atoms with Crippen LogP contribution in [0.25, 0.3) is 0 Å². The van der Waals surface area contributed by atoms with E-state index in [1.165, 1.54) is 6.92 Å². The van der Waals surface area contributed by atoms with E-state index in [1.54, 1.807) is 0 Å². The fourth-order valence-electron chi connectivity index (χ4n) is 1.98. The van der Waals surface area contributed by atoms with Crippen LogP contribution in [-0.4, -0.2) is 18.4 Å². The van der Waals surface area contributed by atoms with Gasteiger partial charge in [-0.15, -0.1) is 0 Å². The van der Waals surface area contributed by atoms with E-state index in [-0.39, 0.29) is 11.8 Å². The molecule has 0 aliphatic heterocycles. The zero-order chi connectivity index (χ0) is 12.0. The van der Waals surface area contributed by atoms with Crippen molar-refractivity contribution in [2.75, 3.05) is 6.61 Å². The highest BCUT2D eigenvalue weighted by Crippen LogP contribution is 2.27. The lowest BCUT2D eigenvalue weighted by Crippen LogP contribution is -2.04. The van der Waals surface area contributed by atoms with Crippen molar-refractivity contribution in [3.63, 3.8) is 0 Å². The number of carbonyl (C=O) groups is 2. The summed E-state index contributed by atoms with van der Waals surface area (Å²) in [6.45, 7) is 3.85. The summed E-state index contributed by atoms with van der Waals surface area (Å²) < 4.78 is 4.96. The Labute approximate surface area is 96.9 Å². The summed E-state index contributed by atoms with van der Waals surface area (Å²) >= 11 is 0. The molecular weight excluding hydrogens is 204 g/mol. The number of ether oxygens (including phenoxy) is 1. The molecule has 3 nitrogen and oxygen atoms in total. The summed E-state index contributed by atoms with van der Waals surface area (Å²) in [6, 6.07) is 0. The maximum absolute atomic E-state index is 11.6. The predicted octanol–water partition coefficient (Wildman–Crippen LogP) is 2.79. The molecule has 0 radical (unpaired) electrons. The van der Waals surface area contributed by atoms with Gasteiger partial charge in [-0.25, -0.2) is 0 Å². The van der Waals surface area contributed by atoms with E-state index in [4.69, 9.17) is 4.74 Å². The van der Waals surface area contributed by atoms with Crippen LogP contribution >= 0.6 is 0 Å². The Hall–Kier alpha value is -1.12. The molecule has 0 unspecified atom stereocenters. The smallest absolute Gasteiger partial charge is 0.302 e. The second-order valence-electron chi connectivity index (χ2n) is 4.24. The van der Waals surface area contributed by atoms with Gasteiger partial charge in [-0.05, 0) is 30.4 Å². The Kier molecular flexibility index (Phi) is 5.23. The first-order valence-corrected chi connectivity index (χ1v) is 6.02. The van der Waals surface area contributed by atoms with Gasteiger partial charge >= 0.3 is 5.97 Å². The Morgan fingerprint density at radius 3 is 2.69 bits per heavy atom. The third-order valence-electron chi connectivity index (χ3n) is 2.90. The highest BCUT2D eigenvalue weighted by Gasteiger charge is 2.22. The number of carbonyl (C=O) groups excluding carboxylic acids is 2. The number of hydrogen-bond acceptors (Lipinski definition) is 3. The van der Waals surface area contributed by atoms with Gasteiger partial charge in [0, 0.05) is 13.3 Å². The van der Waals surface area contributed by atoms with Gasteiger partial charge in [0.1, 0.15) is 6.61 Å². The Morgan fingerprint density at radius 1 is 1.31 bits per heavy atom. The average molecular weight is 224 g/mol. The molecule has 16 heavy (non-hydrogen) atoms. The molecule has 0 amide bonds. The molecule has 0 fully saturated rings. The van der Waals surface area contributed by atoms with Crippen molar-refractivity contribution in [1.29, 1.82) is 0 Å². The van der Waals surface area contributed by atoms with Crippen molar-refractivity contribution in [2.45, 2.75) is 52.4 Å². The minimum Gasteiger partial charge on any atom is -0.461 e. The maximum atomic E-state index is 11.6. The quantitative estimate of drug-likeness (QED) is 0.514. The number of rotatable bonds is 6. The normalized spacial score (nSPS) is 15.8. The number of allylic oxidation sites excluding steroid dienone is 1. The fraction of sp³-hybridized carbons (Fsp3) is 0.692. The summed E-state index contributed by atoms with van der Waals surface area (Å²) in [7, 11) is 0. The van der Waals surface area contributed by atoms with Gasteiger partial charge < -0.3 is 4.74 Å². The van der Waals surface area contributed by atoms with E-state index in [0.29, 0.717) is 13.0 Å². The van der Waals surface area contributed by atoms with Crippen LogP contribution < -0.4 is 0 Å². The molecule has 0 saturated carbocycles. The Bertz CT molecular complexity index is 302. The minimum atomic E-state index is -0.278. The molecule has 90 valence electrons. The molecular formula is C13H20O3. The van der Waals surface area contributed by atoms with Crippen LogP contribution in [0.5, 0.6) is 0 Å². The topological polar surface area (TPSA) is 43.4 Å². The number of Topliss-reactive ketones (excluding diaryl/α,β-unsaturated/α-hetero) is 1. The Morgan fingerprint density at radius 2 is 2.06 bits per heavy atom. The van der Waals surface area contributed by atoms with E-state index < -0.39 is 0 Å². The SMILES string of the molecule is CCCCCC1=C(COC(C)=O)CCC1=O. The molecule has 0 heterocycles. The van der Waals surface area contributed by atoms with Gasteiger partial charge in [-0.1, -0.05) is 19.8 Å². The minimum absolute atomic E-state index is 0.248. The predicted molar refractivity (Wildman–Crippen MR) is 62.0 cm³/mol. The standard InChI is InChI=1S/C13H20O3/c1-3-4-5-6-12-11(7-8-13(12)15)9-16-10(2)14/h3-9H2,1-2H3. The number of unbranched alkanes of at least 4 members (excludes halogenated alkanes) is 2. The molecule has 1 aliphatic rings. The van der Waals surface area contributed by atoms with Crippen LogP contribution in [0.2, 0.25) is 0 Å². The molecule has 3 heteroatoms. The summed E-state index contributed by atoms with van der Waals surface area (Å²) in [5, 5.41) is 0. The molecule has 0 aromatic heterocycles. The lowest BCUT2D eigenvalue weighted by molar-refractivity contribution is -0.140. The van der Waals surface area contributed by atoms with E-state index in [2.05, 4.69) is 6.92 Å². The molecule has 0 aromatic rings. The first kappa shape index (κ1) is 12.9. The van der Waals surface area contributed by atoms with Crippen molar-refractivity contribution in [3.05, 3.63) is 11.1 Å². The lowest BCUT2D eigenvalue weighted by Gasteiger charge is -2.06. The summed E-state index contributed by atoms with van der Waals surface area (Å²) in [6.07, 6.45) is 5.58. The number of hydrogen-bond donors (Lipinski definition) is 0. The highest BCUT2D eigenvalue weighted by atomic mass is 16.5. The second-order valence-corrected chi connectivity index (χ2v) is 4.24. The van der Waals surface area contributed by atoms with Crippen LogP contribution in [0, 0.1) is 0 Å². The molecule has 0 spiro atoms. The molecule has 0 aromatic carbocycles. The number of esters is 1. The van der Waals surface area contributed by atoms with Crippen molar-refractivity contribution in [1.82, 2.24) is 0 Å². The third-order valence-corrected chi connectivity index (χ3v) is 2.90. The second kappa shape index (κ2) is 6.46. The first-order valence-electron chi connectivity index (χ1n) is 6.02. The first-order chi connectivity index (χ1) is 7.65.